The quantitative estimate of drug-likeness (QED) is 0.710. The molecule has 0 aliphatic rings. The highest BCUT2D eigenvalue weighted by molar-refractivity contribution is 5.96. The molecule has 2 heterocycles. The van der Waals surface area contributed by atoms with Gasteiger partial charge in [-0.05, 0) is 19.1 Å². The monoisotopic (exact) mass is 257 g/mol. The number of carboxylic acids is 1. The van der Waals surface area contributed by atoms with E-state index in [0.29, 0.717) is 10.9 Å². The van der Waals surface area contributed by atoms with Crippen molar-refractivity contribution < 1.29 is 9.90 Å². The first-order chi connectivity index (χ1) is 9.00. The van der Waals surface area contributed by atoms with Gasteiger partial charge in [-0.15, -0.1) is 0 Å². The maximum atomic E-state index is 12.3. The van der Waals surface area contributed by atoms with Gasteiger partial charge in [0.1, 0.15) is 5.56 Å². The van der Waals surface area contributed by atoms with Crippen LogP contribution in [0.2, 0.25) is 0 Å². The predicted octanol–water partition coefficient (Wildman–Crippen LogP) is 1.19. The second kappa shape index (κ2) is 3.68. The maximum absolute atomic E-state index is 12.3. The number of aryl methyl sites for hydroxylation is 2. The zero-order valence-corrected chi connectivity index (χ0v) is 10.4. The second-order valence-electron chi connectivity index (χ2n) is 4.48. The molecule has 19 heavy (non-hydrogen) atoms. The number of nitrogens with zero attached hydrogens (tertiary/aromatic N) is 3. The predicted molar refractivity (Wildman–Crippen MR) is 69.6 cm³/mol. The minimum atomic E-state index is -1.10. The highest BCUT2D eigenvalue weighted by Gasteiger charge is 2.17. The summed E-state index contributed by atoms with van der Waals surface area (Å²) < 4.78 is 2.80. The van der Waals surface area contributed by atoms with Gasteiger partial charge in [0.2, 0.25) is 0 Å². The lowest BCUT2D eigenvalue weighted by molar-refractivity contribution is 0.0698. The smallest absolute Gasteiger partial charge is 0.341 e. The molecule has 2 aromatic heterocycles. The first kappa shape index (κ1) is 11.5. The van der Waals surface area contributed by atoms with E-state index in [-0.39, 0.29) is 16.8 Å². The number of benzene rings is 1. The molecule has 3 aromatic rings. The van der Waals surface area contributed by atoms with Crippen molar-refractivity contribution in [1.29, 1.82) is 0 Å². The third-order valence-corrected chi connectivity index (χ3v) is 3.21. The Kier molecular flexibility index (Phi) is 2.22. The summed E-state index contributed by atoms with van der Waals surface area (Å²) in [7, 11) is 1.55. The topological polar surface area (TPSA) is 76.6 Å². The van der Waals surface area contributed by atoms with Gasteiger partial charge in [0.25, 0.3) is 5.56 Å². The minimum Gasteiger partial charge on any atom is -0.477 e. The molecule has 1 aromatic carbocycles. The lowest BCUT2D eigenvalue weighted by Gasteiger charge is -2.07. The van der Waals surface area contributed by atoms with E-state index in [2.05, 4.69) is 5.10 Å². The summed E-state index contributed by atoms with van der Waals surface area (Å²) in [6, 6.07) is 5.42. The molecule has 0 atom stereocenters. The highest BCUT2D eigenvalue weighted by atomic mass is 16.4. The Labute approximate surface area is 107 Å². The van der Waals surface area contributed by atoms with Crippen molar-refractivity contribution in [2.45, 2.75) is 6.92 Å². The van der Waals surface area contributed by atoms with Gasteiger partial charge in [-0.3, -0.25) is 9.36 Å². The lowest BCUT2D eigenvalue weighted by atomic mass is 10.1. The van der Waals surface area contributed by atoms with Gasteiger partial charge in [-0.2, -0.15) is 5.10 Å². The Balaban J connectivity index is 2.64. The summed E-state index contributed by atoms with van der Waals surface area (Å²) in [6.45, 7) is 1.90. The van der Waals surface area contributed by atoms with Gasteiger partial charge in [-0.25, -0.2) is 9.31 Å². The number of hydrogen-bond acceptors (Lipinski definition) is 3. The first-order valence-corrected chi connectivity index (χ1v) is 5.71. The third-order valence-electron chi connectivity index (χ3n) is 3.21. The van der Waals surface area contributed by atoms with Crippen LogP contribution < -0.4 is 5.56 Å². The van der Waals surface area contributed by atoms with Crippen LogP contribution in [0.25, 0.3) is 16.6 Å². The number of aromatic nitrogens is 3. The van der Waals surface area contributed by atoms with Crippen LogP contribution in [-0.4, -0.2) is 25.3 Å². The van der Waals surface area contributed by atoms with Gasteiger partial charge in [0.15, 0.2) is 5.65 Å². The van der Waals surface area contributed by atoms with Crippen LogP contribution in [0, 0.1) is 6.92 Å². The SMILES string of the molecule is Cc1ccc2c(c1)c(=O)n(C)c1c(C(=O)O)cnn21. The highest BCUT2D eigenvalue weighted by Crippen LogP contribution is 2.17. The molecule has 0 unspecified atom stereocenters. The van der Waals surface area contributed by atoms with Crippen molar-refractivity contribution in [1.82, 2.24) is 14.2 Å². The number of carboxylic acid groups (broad SMARTS) is 1. The molecule has 0 amide bonds. The Morgan fingerprint density at radius 2 is 2.11 bits per heavy atom. The largest absolute Gasteiger partial charge is 0.477 e. The molecule has 1 N–H and O–H groups in total. The fourth-order valence-electron chi connectivity index (χ4n) is 2.27. The molecule has 0 aliphatic carbocycles. The van der Waals surface area contributed by atoms with E-state index < -0.39 is 5.97 Å². The van der Waals surface area contributed by atoms with Crippen molar-refractivity contribution in [2.75, 3.05) is 0 Å². The van der Waals surface area contributed by atoms with E-state index in [9.17, 15) is 9.59 Å². The van der Waals surface area contributed by atoms with Gasteiger partial charge in [0, 0.05) is 7.05 Å². The van der Waals surface area contributed by atoms with E-state index in [4.69, 9.17) is 5.11 Å². The fourth-order valence-corrected chi connectivity index (χ4v) is 2.27. The molecular weight excluding hydrogens is 246 g/mol. The number of hydrogen-bond donors (Lipinski definition) is 1. The number of carbonyl (C=O) groups is 1. The summed E-state index contributed by atoms with van der Waals surface area (Å²) in [5, 5.41) is 13.7. The van der Waals surface area contributed by atoms with Gasteiger partial charge < -0.3 is 5.11 Å². The Bertz CT molecular complexity index is 889. The second-order valence-corrected chi connectivity index (χ2v) is 4.48. The molecule has 0 saturated carbocycles. The van der Waals surface area contributed by atoms with Crippen molar-refractivity contribution in [2.24, 2.45) is 7.05 Å². The molecule has 0 radical (unpaired) electrons. The summed E-state index contributed by atoms with van der Waals surface area (Å²) in [6.07, 6.45) is 1.26. The summed E-state index contributed by atoms with van der Waals surface area (Å²) in [4.78, 5) is 23.5. The average molecular weight is 257 g/mol. The molecule has 6 heteroatoms. The molecule has 3 rings (SSSR count). The molecule has 0 bridgehead atoms. The van der Waals surface area contributed by atoms with E-state index in [1.165, 1.54) is 15.3 Å². The normalized spacial score (nSPS) is 11.3. The van der Waals surface area contributed by atoms with E-state index in [1.54, 1.807) is 19.2 Å². The molecule has 0 fully saturated rings. The van der Waals surface area contributed by atoms with Crippen LogP contribution in [-0.2, 0) is 7.05 Å². The molecule has 6 nitrogen and oxygen atoms in total. The molecule has 96 valence electrons. The van der Waals surface area contributed by atoms with Crippen molar-refractivity contribution >= 4 is 22.5 Å². The zero-order valence-electron chi connectivity index (χ0n) is 10.4. The maximum Gasteiger partial charge on any atom is 0.341 e. The van der Waals surface area contributed by atoms with Crippen LogP contribution in [0.1, 0.15) is 15.9 Å². The Morgan fingerprint density at radius 1 is 1.37 bits per heavy atom. The molecule has 0 aliphatic heterocycles. The summed E-state index contributed by atoms with van der Waals surface area (Å²) >= 11 is 0. The van der Waals surface area contributed by atoms with Crippen molar-refractivity contribution in [3.8, 4) is 0 Å². The molecule has 0 saturated heterocycles. The van der Waals surface area contributed by atoms with E-state index in [0.717, 1.165) is 5.56 Å². The third kappa shape index (κ3) is 1.46. The van der Waals surface area contributed by atoms with Crippen LogP contribution >= 0.6 is 0 Å². The van der Waals surface area contributed by atoms with Crippen LogP contribution in [0.5, 0.6) is 0 Å². The van der Waals surface area contributed by atoms with Gasteiger partial charge in [-0.1, -0.05) is 11.6 Å². The molecule has 0 spiro atoms. The van der Waals surface area contributed by atoms with Crippen molar-refractivity contribution in [3.05, 3.63) is 45.9 Å². The number of fused-ring (bicyclic) bond motifs is 3. The first-order valence-electron chi connectivity index (χ1n) is 5.71. The minimum absolute atomic E-state index is 0.0158. The molecular formula is C13H11N3O3. The lowest BCUT2D eigenvalue weighted by Crippen LogP contribution is -2.21. The average Bonchev–Trinajstić information content (AvgIpc) is 2.80. The van der Waals surface area contributed by atoms with Crippen LogP contribution in [0.15, 0.2) is 29.2 Å². The number of aromatic carboxylic acids is 1. The van der Waals surface area contributed by atoms with Crippen molar-refractivity contribution in [3.63, 3.8) is 0 Å². The Hall–Kier alpha value is -2.63. The van der Waals surface area contributed by atoms with E-state index >= 15 is 0 Å². The summed E-state index contributed by atoms with van der Waals surface area (Å²) in [5.74, 6) is -1.10. The zero-order chi connectivity index (χ0) is 13.7. The van der Waals surface area contributed by atoms with E-state index in [1.807, 2.05) is 13.0 Å². The number of rotatable bonds is 1. The van der Waals surface area contributed by atoms with Gasteiger partial charge >= 0.3 is 5.97 Å². The summed E-state index contributed by atoms with van der Waals surface area (Å²) in [5.41, 5.74) is 1.65. The van der Waals surface area contributed by atoms with Crippen LogP contribution in [0.4, 0.5) is 0 Å². The van der Waals surface area contributed by atoms with Crippen LogP contribution in [0.3, 0.4) is 0 Å². The van der Waals surface area contributed by atoms with Gasteiger partial charge in [0.05, 0.1) is 17.1 Å². The fraction of sp³-hybridized carbons (Fsp3) is 0.154. The Morgan fingerprint density at radius 3 is 2.79 bits per heavy atom. The standard InChI is InChI=1S/C13H11N3O3/c1-7-3-4-10-8(5-7)12(17)15(2)11-9(13(18)19)6-14-16(10)11/h3-6H,1-2H3,(H,18,19).